The second kappa shape index (κ2) is 11.6. The van der Waals surface area contributed by atoms with E-state index in [1.807, 2.05) is 0 Å². The zero-order valence-electron chi connectivity index (χ0n) is 16.9. The third kappa shape index (κ3) is 9.02. The Balaban J connectivity index is 2.16. The zero-order valence-corrected chi connectivity index (χ0v) is 21.2. The molecule has 0 radical (unpaired) electrons. The highest BCUT2D eigenvalue weighted by molar-refractivity contribution is 8.76. The molecule has 190 valence electrons. The molecular weight excluding hydrogens is 553 g/mol. The molecule has 1 saturated heterocycles. The molecule has 0 saturated carbocycles. The van der Waals surface area contributed by atoms with Crippen LogP contribution in [0.4, 0.5) is 0 Å². The molecule has 2 rings (SSSR count). The number of H-pyrrole nitrogens is 1. The van der Waals surface area contributed by atoms with Crippen LogP contribution in [0.5, 0.6) is 0 Å². The number of phosphoric acid groups is 3. The number of aromatic amines is 1. The summed E-state index contributed by atoms with van der Waals surface area (Å²) in [6.45, 7) is 0.618. The standard InChI is InChI=1S/C12H21N2O14P3S2/c1-7-3-14(12(16)13-11(7)15)8-4-24-9(10(8)25-6-33-32-2)5-26-30(20,21)28-31(22,23)27-29(17,18)19/h3,8-10H,4-6H2,1-2H3,(H,20,21)(H,22,23)(H,13,15,16)(H2,17,18,19)/t8-,9-,10+/m1/s1. The first-order valence-electron chi connectivity index (χ1n) is 8.63. The van der Waals surface area contributed by atoms with E-state index in [4.69, 9.17) is 19.3 Å². The van der Waals surface area contributed by atoms with Gasteiger partial charge in [0, 0.05) is 11.8 Å². The minimum Gasteiger partial charge on any atom is -0.371 e. The number of ether oxygens (including phenoxy) is 2. The maximum Gasteiger partial charge on any atom is 0.490 e. The molecule has 21 heteroatoms. The van der Waals surface area contributed by atoms with Crippen LogP contribution in [0.25, 0.3) is 0 Å². The first-order valence-corrected chi connectivity index (χ1v) is 15.9. The van der Waals surface area contributed by atoms with Crippen LogP contribution < -0.4 is 11.2 Å². The molecule has 2 heterocycles. The van der Waals surface area contributed by atoms with Gasteiger partial charge in [0.2, 0.25) is 0 Å². The number of hydrogen-bond donors (Lipinski definition) is 5. The van der Waals surface area contributed by atoms with Gasteiger partial charge in [-0.05, 0) is 13.2 Å². The van der Waals surface area contributed by atoms with Crippen molar-refractivity contribution in [1.29, 1.82) is 0 Å². The van der Waals surface area contributed by atoms with E-state index in [2.05, 4.69) is 18.1 Å². The topological polar surface area (TPSA) is 233 Å². The lowest BCUT2D eigenvalue weighted by atomic mass is 10.1. The number of rotatable bonds is 12. The maximum atomic E-state index is 12.3. The molecule has 33 heavy (non-hydrogen) atoms. The average molecular weight is 574 g/mol. The molecule has 2 unspecified atom stereocenters. The number of hydrogen-bond acceptors (Lipinski definition) is 12. The summed E-state index contributed by atoms with van der Waals surface area (Å²) in [5.41, 5.74) is -1.07. The third-order valence-electron chi connectivity index (χ3n) is 3.97. The molecule has 0 bridgehead atoms. The van der Waals surface area contributed by atoms with Crippen LogP contribution in [0.1, 0.15) is 11.6 Å². The van der Waals surface area contributed by atoms with Crippen molar-refractivity contribution in [3.05, 3.63) is 32.6 Å². The Morgan fingerprint density at radius 1 is 1.18 bits per heavy atom. The zero-order chi connectivity index (χ0) is 25.0. The van der Waals surface area contributed by atoms with Gasteiger partial charge >= 0.3 is 29.2 Å². The lowest BCUT2D eigenvalue weighted by Gasteiger charge is -2.25. The van der Waals surface area contributed by atoms with Crippen molar-refractivity contribution in [1.82, 2.24) is 9.55 Å². The first-order chi connectivity index (χ1) is 15.1. The highest BCUT2D eigenvalue weighted by Crippen LogP contribution is 2.66. The molecule has 0 aromatic carbocycles. The number of aryl methyl sites for hydroxylation is 1. The molecule has 1 aliphatic rings. The smallest absolute Gasteiger partial charge is 0.371 e. The van der Waals surface area contributed by atoms with E-state index < -0.39 is 59.6 Å². The van der Waals surface area contributed by atoms with E-state index in [1.54, 1.807) is 6.26 Å². The average Bonchev–Trinajstić information content (AvgIpc) is 3.03. The minimum atomic E-state index is -5.67. The van der Waals surface area contributed by atoms with E-state index in [0.717, 1.165) is 0 Å². The van der Waals surface area contributed by atoms with E-state index in [0.29, 0.717) is 0 Å². The van der Waals surface area contributed by atoms with Crippen LogP contribution in [-0.2, 0) is 36.3 Å². The summed E-state index contributed by atoms with van der Waals surface area (Å²) in [6, 6.07) is -0.773. The van der Waals surface area contributed by atoms with Crippen LogP contribution >= 0.6 is 45.1 Å². The van der Waals surface area contributed by atoms with Gasteiger partial charge in [-0.25, -0.2) is 18.5 Å². The lowest BCUT2D eigenvalue weighted by molar-refractivity contribution is -0.0229. The highest BCUT2D eigenvalue weighted by Gasteiger charge is 2.44. The summed E-state index contributed by atoms with van der Waals surface area (Å²) in [5.74, 6) is 0.120. The van der Waals surface area contributed by atoms with Gasteiger partial charge in [0.1, 0.15) is 18.1 Å². The van der Waals surface area contributed by atoms with Crippen molar-refractivity contribution in [2.45, 2.75) is 25.2 Å². The Bertz CT molecular complexity index is 1090. The quantitative estimate of drug-likeness (QED) is 0.0988. The summed E-state index contributed by atoms with van der Waals surface area (Å²) in [4.78, 5) is 62.0. The molecule has 1 aromatic heterocycles. The van der Waals surface area contributed by atoms with Gasteiger partial charge in [0.05, 0.1) is 19.3 Å². The predicted molar refractivity (Wildman–Crippen MR) is 115 cm³/mol. The molecular formula is C12H21N2O14P3S2. The fraction of sp³-hybridized carbons (Fsp3) is 0.667. The van der Waals surface area contributed by atoms with Gasteiger partial charge in [-0.3, -0.25) is 18.9 Å². The Morgan fingerprint density at radius 2 is 1.85 bits per heavy atom. The molecule has 1 fully saturated rings. The maximum absolute atomic E-state index is 12.3. The predicted octanol–water partition coefficient (Wildman–Crippen LogP) is 0.482. The van der Waals surface area contributed by atoms with Gasteiger partial charge < -0.3 is 29.0 Å². The van der Waals surface area contributed by atoms with Crippen LogP contribution in [0, 0.1) is 6.92 Å². The molecule has 0 amide bonds. The molecule has 0 aliphatic carbocycles. The van der Waals surface area contributed by atoms with Crippen molar-refractivity contribution >= 4 is 45.1 Å². The van der Waals surface area contributed by atoms with Gasteiger partial charge in [0.15, 0.2) is 0 Å². The fourth-order valence-corrected chi connectivity index (χ4v) is 6.51. The Hall–Kier alpha value is -0.290. The number of phosphoric ester groups is 1. The normalized spacial score (nSPS) is 25.0. The molecule has 1 aliphatic heterocycles. The summed E-state index contributed by atoms with van der Waals surface area (Å²) < 4.78 is 58.4. The molecule has 16 nitrogen and oxygen atoms in total. The van der Waals surface area contributed by atoms with Gasteiger partial charge in [-0.2, -0.15) is 8.62 Å². The van der Waals surface area contributed by atoms with Gasteiger partial charge in [0.25, 0.3) is 5.56 Å². The third-order valence-corrected chi connectivity index (χ3v) is 9.24. The SMILES string of the molecule is CSSCO[C@H]1[C@H](n2cc(C)c(=O)[nH]c2=O)CO[C@@H]1COP(=O)(O)OP(=O)(O)OP(=O)(O)O. The van der Waals surface area contributed by atoms with Crippen LogP contribution in [0.3, 0.4) is 0 Å². The highest BCUT2D eigenvalue weighted by atomic mass is 33.1. The van der Waals surface area contributed by atoms with Crippen molar-refractivity contribution in [2.24, 2.45) is 0 Å². The second-order valence-electron chi connectivity index (χ2n) is 6.34. The van der Waals surface area contributed by atoms with Crippen LogP contribution in [0.15, 0.2) is 15.8 Å². The monoisotopic (exact) mass is 574 g/mol. The van der Waals surface area contributed by atoms with Gasteiger partial charge in [-0.15, -0.1) is 0 Å². The number of nitrogens with zero attached hydrogens (tertiary/aromatic N) is 1. The molecule has 0 spiro atoms. The fourth-order valence-electron chi connectivity index (χ4n) is 2.72. The van der Waals surface area contributed by atoms with Crippen molar-refractivity contribution in [2.75, 3.05) is 25.4 Å². The van der Waals surface area contributed by atoms with Crippen LogP contribution in [-0.4, -0.2) is 66.7 Å². The minimum absolute atomic E-state index is 0.120. The lowest BCUT2D eigenvalue weighted by Crippen LogP contribution is -2.40. The van der Waals surface area contributed by atoms with E-state index in [-0.39, 0.29) is 18.1 Å². The van der Waals surface area contributed by atoms with Gasteiger partial charge in [-0.1, -0.05) is 21.6 Å². The molecule has 1 aromatic rings. The van der Waals surface area contributed by atoms with Crippen molar-refractivity contribution < 1.29 is 55.9 Å². The Morgan fingerprint density at radius 3 is 2.45 bits per heavy atom. The first kappa shape index (κ1) is 28.9. The summed E-state index contributed by atoms with van der Waals surface area (Å²) in [7, 11) is -13.9. The summed E-state index contributed by atoms with van der Waals surface area (Å²) in [6.07, 6.45) is 1.08. The van der Waals surface area contributed by atoms with E-state index >= 15 is 0 Å². The van der Waals surface area contributed by atoms with E-state index in [1.165, 1.54) is 39.3 Å². The van der Waals surface area contributed by atoms with Crippen molar-refractivity contribution in [3.8, 4) is 0 Å². The number of nitrogens with one attached hydrogen (secondary N) is 1. The molecule has 5 atom stereocenters. The second-order valence-corrected chi connectivity index (χ2v) is 13.3. The number of aromatic nitrogens is 2. The summed E-state index contributed by atoms with van der Waals surface area (Å²) >= 11 is 0. The Labute approximate surface area is 193 Å². The largest absolute Gasteiger partial charge is 0.490 e. The Kier molecular flexibility index (Phi) is 10.2. The van der Waals surface area contributed by atoms with Crippen molar-refractivity contribution in [3.63, 3.8) is 0 Å². The summed E-state index contributed by atoms with van der Waals surface area (Å²) in [5, 5.41) is 0. The van der Waals surface area contributed by atoms with E-state index in [9.17, 15) is 33.1 Å². The molecule has 5 N–H and O–H groups in total. The van der Waals surface area contributed by atoms with Crippen LogP contribution in [0.2, 0.25) is 0 Å².